The van der Waals surface area contributed by atoms with Gasteiger partial charge in [-0.2, -0.15) is 4.98 Å². The Labute approximate surface area is 117 Å². The molecule has 0 saturated carbocycles. The molecular formula is C11H18N3O5Si. The number of aromatic nitrogens is 2. The third-order valence-electron chi connectivity index (χ3n) is 3.00. The van der Waals surface area contributed by atoms with E-state index in [0.29, 0.717) is 5.82 Å². The Morgan fingerprint density at radius 3 is 2.65 bits per heavy atom. The van der Waals surface area contributed by atoms with Crippen molar-refractivity contribution < 1.29 is 20.1 Å². The average molecular weight is 300 g/mol. The van der Waals surface area contributed by atoms with Crippen molar-refractivity contribution in [2.75, 3.05) is 11.6 Å². The van der Waals surface area contributed by atoms with Gasteiger partial charge in [0.1, 0.15) is 24.1 Å². The van der Waals surface area contributed by atoms with Crippen LogP contribution in [-0.4, -0.2) is 58.7 Å². The summed E-state index contributed by atoms with van der Waals surface area (Å²) in [5, 5.41) is 28.6. The summed E-state index contributed by atoms with van der Waals surface area (Å²) in [7, 11) is -0.781. The Bertz CT molecular complexity index is 523. The van der Waals surface area contributed by atoms with Gasteiger partial charge < -0.3 is 25.0 Å². The molecule has 0 bridgehead atoms. The van der Waals surface area contributed by atoms with Crippen LogP contribution in [0.3, 0.4) is 0 Å². The van der Waals surface area contributed by atoms with Crippen LogP contribution in [0.15, 0.2) is 17.1 Å². The second kappa shape index (κ2) is 6.02. The third kappa shape index (κ3) is 2.91. The van der Waals surface area contributed by atoms with Gasteiger partial charge >= 0.3 is 5.69 Å². The van der Waals surface area contributed by atoms with E-state index in [1.165, 1.54) is 6.20 Å². The fourth-order valence-electron chi connectivity index (χ4n) is 2.04. The van der Waals surface area contributed by atoms with Gasteiger partial charge in [-0.1, -0.05) is 13.1 Å². The molecular weight excluding hydrogens is 282 g/mol. The first kappa shape index (κ1) is 15.1. The van der Waals surface area contributed by atoms with Gasteiger partial charge in [0.05, 0.1) is 6.61 Å². The Morgan fingerprint density at radius 2 is 2.15 bits per heavy atom. The largest absolute Gasteiger partial charge is 0.396 e. The van der Waals surface area contributed by atoms with Gasteiger partial charge in [0.15, 0.2) is 15.2 Å². The van der Waals surface area contributed by atoms with Gasteiger partial charge in [-0.15, -0.1) is 0 Å². The molecule has 0 aromatic carbocycles. The maximum atomic E-state index is 11.9. The van der Waals surface area contributed by atoms with E-state index >= 15 is 0 Å². The number of rotatable bonds is 4. The number of hydrogen-bond donors (Lipinski definition) is 4. The van der Waals surface area contributed by atoms with E-state index in [1.807, 2.05) is 13.1 Å². The molecule has 0 unspecified atom stereocenters. The molecule has 1 aliphatic heterocycles. The summed E-state index contributed by atoms with van der Waals surface area (Å²) in [6.45, 7) is 3.60. The lowest BCUT2D eigenvalue weighted by atomic mass is 10.1. The molecule has 0 aliphatic carbocycles. The summed E-state index contributed by atoms with van der Waals surface area (Å²) in [6, 6.07) is 1.60. The van der Waals surface area contributed by atoms with Gasteiger partial charge in [-0.05, 0) is 6.07 Å². The van der Waals surface area contributed by atoms with Crippen LogP contribution in [0.5, 0.6) is 0 Å². The Balaban J connectivity index is 2.24. The molecule has 2 rings (SSSR count). The molecule has 1 aromatic rings. The van der Waals surface area contributed by atoms with Gasteiger partial charge in [0.2, 0.25) is 0 Å². The first-order valence-electron chi connectivity index (χ1n) is 6.23. The fraction of sp³-hybridized carbons (Fsp3) is 0.636. The second-order valence-corrected chi connectivity index (χ2v) is 7.11. The highest BCUT2D eigenvalue weighted by atomic mass is 28.3. The molecule has 1 saturated heterocycles. The molecule has 0 amide bonds. The van der Waals surface area contributed by atoms with Crippen molar-refractivity contribution in [1.82, 2.24) is 9.55 Å². The van der Waals surface area contributed by atoms with Gasteiger partial charge in [0, 0.05) is 6.20 Å². The highest BCUT2D eigenvalue weighted by Gasteiger charge is 2.43. The lowest BCUT2D eigenvalue weighted by Crippen LogP contribution is -2.36. The molecule has 1 fully saturated rings. The van der Waals surface area contributed by atoms with Crippen molar-refractivity contribution in [3.8, 4) is 0 Å². The lowest BCUT2D eigenvalue weighted by Gasteiger charge is -2.17. The molecule has 0 spiro atoms. The van der Waals surface area contributed by atoms with Crippen molar-refractivity contribution in [2.45, 2.75) is 37.6 Å². The smallest absolute Gasteiger partial charge is 0.351 e. The molecule has 1 aliphatic rings. The number of hydrogen-bond acceptors (Lipinski definition) is 7. The standard InChI is InChI=1S/C11H18N3O5Si/c1-20(2)13-7-3-4-14(11(18)12-7)10-9(17)8(16)6(5-15)19-10/h3-4,6,8-10,15-17H,5H2,1-2H3,(H,12,13,18)/t6-,8-,9+,10-/m1/s1. The number of nitrogens with one attached hydrogen (secondary N) is 1. The molecule has 9 heteroatoms. The lowest BCUT2D eigenvalue weighted by molar-refractivity contribution is -0.0549. The summed E-state index contributed by atoms with van der Waals surface area (Å²) in [5.74, 6) is 0.469. The normalized spacial score (nSPS) is 29.9. The first-order valence-corrected chi connectivity index (χ1v) is 8.73. The quantitative estimate of drug-likeness (QED) is 0.501. The first-order chi connectivity index (χ1) is 9.43. The minimum absolute atomic E-state index is 0.437. The zero-order valence-corrected chi connectivity index (χ0v) is 12.2. The minimum atomic E-state index is -1.29. The van der Waals surface area contributed by atoms with Crippen LogP contribution in [0.1, 0.15) is 6.23 Å². The number of aliphatic hydroxyl groups is 3. The van der Waals surface area contributed by atoms with E-state index in [-0.39, 0.29) is 0 Å². The molecule has 1 aromatic heterocycles. The summed E-state index contributed by atoms with van der Waals surface area (Å²) in [5.41, 5.74) is -0.590. The Kier molecular flexibility index (Phi) is 4.55. The molecule has 2 heterocycles. The predicted molar refractivity (Wildman–Crippen MR) is 72.6 cm³/mol. The summed E-state index contributed by atoms with van der Waals surface area (Å²) in [4.78, 5) is 18.9. The molecule has 4 atom stereocenters. The van der Waals surface area contributed by atoms with Gasteiger partial charge in [-0.3, -0.25) is 4.57 Å². The summed E-state index contributed by atoms with van der Waals surface area (Å²) in [6.07, 6.45) is -3.05. The average Bonchev–Trinajstić information content (AvgIpc) is 2.66. The van der Waals surface area contributed by atoms with Crippen molar-refractivity contribution >= 4 is 14.8 Å². The highest BCUT2D eigenvalue weighted by molar-refractivity contribution is 6.59. The van der Waals surface area contributed by atoms with Crippen molar-refractivity contribution in [1.29, 1.82) is 0 Å². The molecule has 1 radical (unpaired) electrons. The minimum Gasteiger partial charge on any atom is -0.396 e. The van der Waals surface area contributed by atoms with Crippen LogP contribution < -0.4 is 10.7 Å². The second-order valence-electron chi connectivity index (χ2n) is 4.86. The molecule has 4 N–H and O–H groups in total. The SMILES string of the molecule is C[Si](C)Nc1ccn([C@@H]2O[C@H](CO)[C@@H](O)[C@@H]2O)c(=O)n1. The molecule has 8 nitrogen and oxygen atoms in total. The van der Waals surface area contributed by atoms with E-state index in [2.05, 4.69) is 9.97 Å². The highest BCUT2D eigenvalue weighted by Crippen LogP contribution is 2.28. The maximum Gasteiger partial charge on any atom is 0.351 e. The van der Waals surface area contributed by atoms with Crippen LogP contribution >= 0.6 is 0 Å². The van der Waals surface area contributed by atoms with Crippen LogP contribution in [0.2, 0.25) is 13.1 Å². The zero-order valence-electron chi connectivity index (χ0n) is 11.2. The molecule has 111 valence electrons. The van der Waals surface area contributed by atoms with Crippen LogP contribution in [0.4, 0.5) is 5.82 Å². The van der Waals surface area contributed by atoms with E-state index in [4.69, 9.17) is 9.84 Å². The van der Waals surface area contributed by atoms with Crippen molar-refractivity contribution in [2.24, 2.45) is 0 Å². The van der Waals surface area contributed by atoms with Crippen LogP contribution in [0, 0.1) is 0 Å². The zero-order chi connectivity index (χ0) is 14.9. The number of anilines is 1. The Morgan fingerprint density at radius 1 is 1.45 bits per heavy atom. The third-order valence-corrected chi connectivity index (χ3v) is 3.76. The Hall–Kier alpha value is -1.26. The topological polar surface area (TPSA) is 117 Å². The van der Waals surface area contributed by atoms with Crippen LogP contribution in [-0.2, 0) is 4.74 Å². The van der Waals surface area contributed by atoms with Gasteiger partial charge in [-0.25, -0.2) is 4.79 Å². The van der Waals surface area contributed by atoms with Crippen LogP contribution in [0.25, 0.3) is 0 Å². The van der Waals surface area contributed by atoms with E-state index in [9.17, 15) is 15.0 Å². The number of ether oxygens (including phenoxy) is 1. The summed E-state index contributed by atoms with van der Waals surface area (Å²) >= 11 is 0. The predicted octanol–water partition coefficient (Wildman–Crippen LogP) is -1.48. The van der Waals surface area contributed by atoms with Crippen molar-refractivity contribution in [3.63, 3.8) is 0 Å². The fourth-order valence-corrected chi connectivity index (χ4v) is 2.69. The van der Waals surface area contributed by atoms with Gasteiger partial charge in [0.25, 0.3) is 0 Å². The van der Waals surface area contributed by atoms with Crippen molar-refractivity contribution in [3.05, 3.63) is 22.7 Å². The maximum absolute atomic E-state index is 11.9. The summed E-state index contributed by atoms with van der Waals surface area (Å²) < 4.78 is 6.39. The van der Waals surface area contributed by atoms with E-state index in [1.54, 1.807) is 6.07 Å². The molecule has 20 heavy (non-hydrogen) atoms. The number of nitrogens with zero attached hydrogens (tertiary/aromatic N) is 2. The van der Waals surface area contributed by atoms with E-state index in [0.717, 1.165) is 4.57 Å². The number of aliphatic hydroxyl groups excluding tert-OH is 3. The van der Waals surface area contributed by atoms with E-state index < -0.39 is 45.8 Å². The monoisotopic (exact) mass is 300 g/mol.